The summed E-state index contributed by atoms with van der Waals surface area (Å²) in [5.74, 6) is 0.173. The Kier molecular flexibility index (Phi) is 5.73. The lowest BCUT2D eigenvalue weighted by Gasteiger charge is -2.14. The van der Waals surface area contributed by atoms with E-state index in [0.717, 1.165) is 10.5 Å². The summed E-state index contributed by atoms with van der Waals surface area (Å²) in [6.45, 7) is 5.92. The molecule has 0 radical (unpaired) electrons. The third-order valence-electron chi connectivity index (χ3n) is 3.07. The minimum atomic E-state index is -0.269. The van der Waals surface area contributed by atoms with Gasteiger partial charge < -0.3 is 5.32 Å². The number of hydrogen-bond donors (Lipinski definition) is 1. The van der Waals surface area contributed by atoms with Crippen LogP contribution in [0, 0.1) is 13.8 Å². The average Bonchev–Trinajstić information content (AvgIpc) is 2.45. The molecule has 1 N–H and O–H groups in total. The Bertz CT molecular complexity index is 707. The highest BCUT2D eigenvalue weighted by atomic mass is 35.5. The molecular weight excluding hydrogens is 339 g/mol. The molecule has 1 amide bonds. The fraction of sp³-hybridized carbons (Fsp3) is 0.250. The maximum atomic E-state index is 12.3. The highest BCUT2D eigenvalue weighted by Gasteiger charge is 2.17. The van der Waals surface area contributed by atoms with Crippen molar-refractivity contribution in [2.45, 2.75) is 30.9 Å². The van der Waals surface area contributed by atoms with Gasteiger partial charge in [-0.1, -0.05) is 40.9 Å². The summed E-state index contributed by atoms with van der Waals surface area (Å²) in [6, 6.07) is 7.74. The third kappa shape index (κ3) is 4.38. The lowest BCUT2D eigenvalue weighted by atomic mass is 10.2. The molecule has 1 aromatic carbocycles. The number of amides is 1. The predicted octanol–water partition coefficient (Wildman–Crippen LogP) is 5.12. The highest BCUT2D eigenvalue weighted by Crippen LogP contribution is 2.29. The van der Waals surface area contributed by atoms with Crippen LogP contribution < -0.4 is 5.32 Å². The first-order chi connectivity index (χ1) is 10.4. The molecule has 0 saturated carbocycles. The number of nitrogens with zero attached hydrogens (tertiary/aromatic N) is 1. The van der Waals surface area contributed by atoms with Crippen molar-refractivity contribution in [3.63, 3.8) is 0 Å². The number of carbonyl (C=O) groups is 1. The molecule has 2 aromatic rings. The van der Waals surface area contributed by atoms with E-state index < -0.39 is 0 Å². The van der Waals surface area contributed by atoms with E-state index in [1.165, 1.54) is 23.5 Å². The molecule has 22 heavy (non-hydrogen) atoms. The van der Waals surface area contributed by atoms with Gasteiger partial charge >= 0.3 is 0 Å². The van der Waals surface area contributed by atoms with Crippen LogP contribution in [0.1, 0.15) is 18.1 Å². The van der Waals surface area contributed by atoms with Gasteiger partial charge in [0, 0.05) is 11.1 Å². The minimum Gasteiger partial charge on any atom is -0.308 e. The van der Waals surface area contributed by atoms with Gasteiger partial charge in [-0.25, -0.2) is 4.98 Å². The van der Waals surface area contributed by atoms with Gasteiger partial charge in [-0.2, -0.15) is 0 Å². The summed E-state index contributed by atoms with van der Waals surface area (Å²) >= 11 is 13.3. The van der Waals surface area contributed by atoms with E-state index in [9.17, 15) is 4.79 Å². The summed E-state index contributed by atoms with van der Waals surface area (Å²) in [4.78, 5) is 17.4. The molecule has 0 unspecified atom stereocenters. The van der Waals surface area contributed by atoms with Crippen molar-refractivity contribution in [1.29, 1.82) is 0 Å². The maximum Gasteiger partial charge on any atom is 0.238 e. The van der Waals surface area contributed by atoms with Crippen LogP contribution in [0.15, 0.2) is 35.4 Å². The maximum absolute atomic E-state index is 12.3. The molecule has 0 fully saturated rings. The molecule has 0 aliphatic heterocycles. The van der Waals surface area contributed by atoms with Gasteiger partial charge in [0.05, 0.1) is 15.3 Å². The van der Waals surface area contributed by atoms with E-state index in [-0.39, 0.29) is 11.2 Å². The fourth-order valence-electron chi connectivity index (χ4n) is 1.80. The Morgan fingerprint density at radius 3 is 2.68 bits per heavy atom. The number of anilines is 1. The molecule has 6 heteroatoms. The predicted molar refractivity (Wildman–Crippen MR) is 94.1 cm³/mol. The van der Waals surface area contributed by atoms with Crippen LogP contribution in [0.5, 0.6) is 0 Å². The Morgan fingerprint density at radius 2 is 2.00 bits per heavy atom. The number of pyridine rings is 1. The Hall–Kier alpha value is -1.23. The second kappa shape index (κ2) is 7.36. The van der Waals surface area contributed by atoms with Crippen LogP contribution in [0.4, 0.5) is 5.82 Å². The second-order valence-electron chi connectivity index (χ2n) is 5.00. The highest BCUT2D eigenvalue weighted by molar-refractivity contribution is 8.00. The van der Waals surface area contributed by atoms with E-state index in [1.54, 1.807) is 6.07 Å². The zero-order chi connectivity index (χ0) is 16.3. The molecule has 2 rings (SSSR count). The van der Waals surface area contributed by atoms with Crippen molar-refractivity contribution in [3.8, 4) is 0 Å². The number of benzene rings is 1. The molecule has 116 valence electrons. The fourth-order valence-corrected chi connectivity index (χ4v) is 3.29. The first kappa shape index (κ1) is 17.1. The monoisotopic (exact) mass is 354 g/mol. The largest absolute Gasteiger partial charge is 0.308 e. The van der Waals surface area contributed by atoms with Gasteiger partial charge in [-0.15, -0.1) is 11.8 Å². The van der Waals surface area contributed by atoms with Gasteiger partial charge in [0.1, 0.15) is 0 Å². The van der Waals surface area contributed by atoms with Gasteiger partial charge in [0.2, 0.25) is 5.91 Å². The number of rotatable bonds is 4. The number of aromatic nitrogens is 1. The summed E-state index contributed by atoms with van der Waals surface area (Å²) in [5.41, 5.74) is 2.32. The number of aryl methyl sites for hydroxylation is 2. The molecule has 0 aliphatic carbocycles. The smallest absolute Gasteiger partial charge is 0.238 e. The van der Waals surface area contributed by atoms with Gasteiger partial charge in [0.25, 0.3) is 0 Å². The lowest BCUT2D eigenvalue weighted by molar-refractivity contribution is -0.115. The Balaban J connectivity index is 2.07. The van der Waals surface area contributed by atoms with Crippen molar-refractivity contribution in [2.24, 2.45) is 0 Å². The van der Waals surface area contributed by atoms with Crippen LogP contribution in [-0.2, 0) is 4.79 Å². The van der Waals surface area contributed by atoms with Crippen LogP contribution >= 0.6 is 35.0 Å². The second-order valence-corrected chi connectivity index (χ2v) is 7.23. The summed E-state index contributed by atoms with van der Waals surface area (Å²) in [5, 5.41) is 3.22. The van der Waals surface area contributed by atoms with Gasteiger partial charge in [0.15, 0.2) is 5.82 Å². The van der Waals surface area contributed by atoms with Crippen molar-refractivity contribution < 1.29 is 4.79 Å². The van der Waals surface area contributed by atoms with Crippen molar-refractivity contribution >= 4 is 46.7 Å². The van der Waals surface area contributed by atoms with E-state index in [0.29, 0.717) is 15.9 Å². The average molecular weight is 355 g/mol. The van der Waals surface area contributed by atoms with Gasteiger partial charge in [-0.3, -0.25) is 4.79 Å². The molecular formula is C16H16Cl2N2OS. The molecule has 3 nitrogen and oxygen atoms in total. The van der Waals surface area contributed by atoms with E-state index >= 15 is 0 Å². The van der Waals surface area contributed by atoms with Crippen molar-refractivity contribution in [2.75, 3.05) is 5.32 Å². The normalized spacial score (nSPS) is 12.0. The molecule has 0 saturated heterocycles. The number of thioether (sulfide) groups is 1. The van der Waals surface area contributed by atoms with E-state index in [1.807, 2.05) is 20.8 Å². The van der Waals surface area contributed by atoms with Crippen LogP contribution in [0.2, 0.25) is 10.0 Å². The standard InChI is InChI=1S/C16H16Cl2N2OS/c1-9-4-5-10(2)14(6-9)22-11(3)16(21)20-15-13(18)7-12(17)8-19-15/h4-8,11H,1-3H3,(H,19,20,21)/t11-/m0/s1. The zero-order valence-corrected chi connectivity index (χ0v) is 14.8. The quantitative estimate of drug-likeness (QED) is 0.774. The molecule has 0 spiro atoms. The van der Waals surface area contributed by atoms with Gasteiger partial charge in [-0.05, 0) is 38.5 Å². The molecule has 1 aromatic heterocycles. The topological polar surface area (TPSA) is 42.0 Å². The first-order valence-corrected chi connectivity index (χ1v) is 8.36. The van der Waals surface area contributed by atoms with E-state index in [4.69, 9.17) is 23.2 Å². The Labute approximate surface area is 144 Å². The van der Waals surface area contributed by atoms with Crippen LogP contribution in [0.3, 0.4) is 0 Å². The Morgan fingerprint density at radius 1 is 1.27 bits per heavy atom. The number of nitrogens with one attached hydrogen (secondary N) is 1. The molecule has 1 atom stereocenters. The van der Waals surface area contributed by atoms with Crippen LogP contribution in [-0.4, -0.2) is 16.1 Å². The number of hydrogen-bond acceptors (Lipinski definition) is 3. The SMILES string of the molecule is Cc1ccc(C)c(S[C@@H](C)C(=O)Nc2ncc(Cl)cc2Cl)c1. The third-order valence-corrected chi connectivity index (χ3v) is 4.82. The summed E-state index contributed by atoms with van der Waals surface area (Å²) < 4.78 is 0. The van der Waals surface area contributed by atoms with Crippen molar-refractivity contribution in [3.05, 3.63) is 51.6 Å². The van der Waals surface area contributed by atoms with E-state index in [2.05, 4.69) is 28.5 Å². The number of halogens is 2. The molecule has 0 aliphatic rings. The minimum absolute atomic E-state index is 0.150. The first-order valence-electron chi connectivity index (χ1n) is 6.72. The van der Waals surface area contributed by atoms with Crippen molar-refractivity contribution in [1.82, 2.24) is 4.98 Å². The molecule has 0 bridgehead atoms. The summed E-state index contributed by atoms with van der Waals surface area (Å²) in [7, 11) is 0. The summed E-state index contributed by atoms with van der Waals surface area (Å²) in [6.07, 6.45) is 1.45. The lowest BCUT2D eigenvalue weighted by Crippen LogP contribution is -2.23. The number of carbonyl (C=O) groups excluding carboxylic acids is 1. The van der Waals surface area contributed by atoms with Crippen LogP contribution in [0.25, 0.3) is 0 Å². The zero-order valence-electron chi connectivity index (χ0n) is 12.5. The molecule has 1 heterocycles.